The molecule has 0 amide bonds. The number of hydrogen-bond donors (Lipinski definition) is 2. The minimum absolute atomic E-state index is 0.0337. The molecule has 1 rings (SSSR count). The lowest BCUT2D eigenvalue weighted by Gasteiger charge is -2.36. The van der Waals surface area contributed by atoms with Crippen LogP contribution in [0.15, 0.2) is 30.3 Å². The van der Waals surface area contributed by atoms with Crippen LogP contribution in [0, 0.1) is 0 Å². The van der Waals surface area contributed by atoms with E-state index in [1.807, 2.05) is 30.3 Å². The van der Waals surface area contributed by atoms with E-state index in [9.17, 15) is 5.11 Å². The van der Waals surface area contributed by atoms with Crippen molar-refractivity contribution in [3.63, 3.8) is 0 Å². The van der Waals surface area contributed by atoms with Crippen molar-refractivity contribution in [3.8, 4) is 0 Å². The van der Waals surface area contributed by atoms with Gasteiger partial charge in [-0.25, -0.2) is 0 Å². The van der Waals surface area contributed by atoms with Gasteiger partial charge in [0.2, 0.25) is 0 Å². The number of unbranched alkanes of at least 4 members (excludes halogenated alkanes) is 2. The summed E-state index contributed by atoms with van der Waals surface area (Å²) in [5, 5.41) is 9.79. The Hall–Kier alpha value is -0.900. The number of nitrogens with zero attached hydrogens (tertiary/aromatic N) is 1. The maximum Gasteiger partial charge on any atom is 0.0773 e. The predicted molar refractivity (Wildman–Crippen MR) is 85.6 cm³/mol. The van der Waals surface area contributed by atoms with Gasteiger partial charge in [-0.05, 0) is 32.4 Å². The van der Waals surface area contributed by atoms with Crippen LogP contribution in [0.5, 0.6) is 0 Å². The number of benzene rings is 1. The van der Waals surface area contributed by atoms with E-state index in [1.54, 1.807) is 0 Å². The lowest BCUT2D eigenvalue weighted by molar-refractivity contribution is 0.115. The van der Waals surface area contributed by atoms with Gasteiger partial charge in [-0.2, -0.15) is 0 Å². The Bertz CT molecular complexity index is 367. The molecule has 3 heteroatoms. The van der Waals surface area contributed by atoms with Crippen LogP contribution in [0.1, 0.15) is 45.6 Å². The topological polar surface area (TPSA) is 49.5 Å². The Morgan fingerprint density at radius 2 is 1.85 bits per heavy atom. The second kappa shape index (κ2) is 8.40. The lowest BCUT2D eigenvalue weighted by atomic mass is 9.90. The molecule has 3 nitrogen and oxygen atoms in total. The zero-order chi connectivity index (χ0) is 15.0. The zero-order valence-electron chi connectivity index (χ0n) is 13.2. The minimum Gasteiger partial charge on any atom is -0.394 e. The standard InChI is InChI=1S/C17H30N2O/c1-4-5-9-12-19(15(2)3)13-17(18,14-20)16-10-7-6-8-11-16/h6-8,10-11,15,20H,4-5,9,12-14,18H2,1-3H3. The SMILES string of the molecule is CCCCCN(CC(N)(CO)c1ccccc1)C(C)C. The molecular weight excluding hydrogens is 248 g/mol. The molecule has 3 N–H and O–H groups in total. The van der Waals surface area contributed by atoms with Gasteiger partial charge >= 0.3 is 0 Å². The maximum atomic E-state index is 9.79. The summed E-state index contributed by atoms with van der Waals surface area (Å²) in [5.74, 6) is 0. The highest BCUT2D eigenvalue weighted by atomic mass is 16.3. The van der Waals surface area contributed by atoms with Crippen LogP contribution in [-0.4, -0.2) is 35.7 Å². The van der Waals surface area contributed by atoms with Gasteiger partial charge in [0.05, 0.1) is 12.1 Å². The smallest absolute Gasteiger partial charge is 0.0773 e. The molecule has 1 atom stereocenters. The minimum atomic E-state index is -0.683. The van der Waals surface area contributed by atoms with Gasteiger partial charge in [0.1, 0.15) is 0 Å². The van der Waals surface area contributed by atoms with Crippen molar-refractivity contribution in [1.82, 2.24) is 4.90 Å². The summed E-state index contributed by atoms with van der Waals surface area (Å²) in [6.07, 6.45) is 3.65. The molecule has 0 saturated heterocycles. The van der Waals surface area contributed by atoms with Gasteiger partial charge in [-0.3, -0.25) is 4.90 Å². The average molecular weight is 278 g/mol. The van der Waals surface area contributed by atoms with Crippen molar-refractivity contribution in [2.45, 2.75) is 51.6 Å². The number of aliphatic hydroxyl groups excluding tert-OH is 1. The van der Waals surface area contributed by atoms with Gasteiger partial charge < -0.3 is 10.8 Å². The van der Waals surface area contributed by atoms with E-state index in [0.29, 0.717) is 12.6 Å². The molecule has 1 aromatic rings. The van der Waals surface area contributed by atoms with E-state index in [-0.39, 0.29) is 6.61 Å². The van der Waals surface area contributed by atoms with Crippen LogP contribution >= 0.6 is 0 Å². The highest BCUT2D eigenvalue weighted by Crippen LogP contribution is 2.20. The number of aliphatic hydroxyl groups is 1. The largest absolute Gasteiger partial charge is 0.394 e. The highest BCUT2D eigenvalue weighted by Gasteiger charge is 2.29. The van der Waals surface area contributed by atoms with Gasteiger partial charge in [0, 0.05) is 12.6 Å². The Kier molecular flexibility index (Phi) is 7.20. The fourth-order valence-electron chi connectivity index (χ4n) is 2.45. The van der Waals surface area contributed by atoms with Crippen molar-refractivity contribution in [1.29, 1.82) is 0 Å². The van der Waals surface area contributed by atoms with E-state index in [1.165, 1.54) is 19.3 Å². The molecule has 1 aromatic carbocycles. The van der Waals surface area contributed by atoms with E-state index in [4.69, 9.17) is 5.73 Å². The van der Waals surface area contributed by atoms with Crippen LogP contribution in [0.25, 0.3) is 0 Å². The normalized spacial score (nSPS) is 14.8. The molecule has 0 aliphatic carbocycles. The second-order valence-electron chi connectivity index (χ2n) is 5.95. The van der Waals surface area contributed by atoms with Gasteiger partial charge in [-0.15, -0.1) is 0 Å². The fraction of sp³-hybridized carbons (Fsp3) is 0.647. The Morgan fingerprint density at radius 1 is 1.20 bits per heavy atom. The quantitative estimate of drug-likeness (QED) is 0.683. The predicted octanol–water partition coefficient (Wildman–Crippen LogP) is 2.73. The third kappa shape index (κ3) is 4.89. The monoisotopic (exact) mass is 278 g/mol. The first-order valence-electron chi connectivity index (χ1n) is 7.73. The van der Waals surface area contributed by atoms with Crippen molar-refractivity contribution < 1.29 is 5.11 Å². The van der Waals surface area contributed by atoms with Crippen molar-refractivity contribution in [2.24, 2.45) is 5.73 Å². The Balaban J connectivity index is 2.77. The number of nitrogens with two attached hydrogens (primary N) is 1. The molecule has 114 valence electrons. The van der Waals surface area contributed by atoms with E-state index >= 15 is 0 Å². The first-order valence-corrected chi connectivity index (χ1v) is 7.73. The molecule has 1 unspecified atom stereocenters. The van der Waals surface area contributed by atoms with Gasteiger partial charge in [0.15, 0.2) is 0 Å². The molecule has 0 aliphatic rings. The van der Waals surface area contributed by atoms with Crippen LogP contribution in [0.4, 0.5) is 0 Å². The molecule has 0 aromatic heterocycles. The third-order valence-corrected chi connectivity index (χ3v) is 3.90. The van der Waals surface area contributed by atoms with Crippen LogP contribution < -0.4 is 5.73 Å². The van der Waals surface area contributed by atoms with Crippen molar-refractivity contribution >= 4 is 0 Å². The van der Waals surface area contributed by atoms with Crippen LogP contribution in [-0.2, 0) is 5.54 Å². The van der Waals surface area contributed by atoms with Crippen molar-refractivity contribution in [2.75, 3.05) is 19.7 Å². The zero-order valence-corrected chi connectivity index (χ0v) is 13.2. The molecule has 0 radical (unpaired) electrons. The molecule has 20 heavy (non-hydrogen) atoms. The number of rotatable bonds is 9. The molecule has 0 aliphatic heterocycles. The molecule has 0 heterocycles. The van der Waals surface area contributed by atoms with Gasteiger partial charge in [-0.1, -0.05) is 50.1 Å². The Labute approximate surface area is 123 Å². The maximum absolute atomic E-state index is 9.79. The van der Waals surface area contributed by atoms with E-state index < -0.39 is 5.54 Å². The summed E-state index contributed by atoms with van der Waals surface area (Å²) in [7, 11) is 0. The highest BCUT2D eigenvalue weighted by molar-refractivity contribution is 5.24. The Morgan fingerprint density at radius 3 is 2.35 bits per heavy atom. The molecule has 0 spiro atoms. The molecule has 0 fully saturated rings. The fourth-order valence-corrected chi connectivity index (χ4v) is 2.45. The summed E-state index contributed by atoms with van der Waals surface area (Å²) in [6.45, 7) is 8.29. The molecule has 0 bridgehead atoms. The van der Waals surface area contributed by atoms with Gasteiger partial charge in [0.25, 0.3) is 0 Å². The summed E-state index contributed by atoms with van der Waals surface area (Å²) in [4.78, 5) is 2.37. The third-order valence-electron chi connectivity index (χ3n) is 3.90. The summed E-state index contributed by atoms with van der Waals surface area (Å²) in [6, 6.07) is 10.4. The molecular formula is C17H30N2O. The number of hydrogen-bond acceptors (Lipinski definition) is 3. The summed E-state index contributed by atoms with van der Waals surface area (Å²) in [5.41, 5.74) is 6.79. The summed E-state index contributed by atoms with van der Waals surface area (Å²) < 4.78 is 0. The summed E-state index contributed by atoms with van der Waals surface area (Å²) >= 11 is 0. The van der Waals surface area contributed by atoms with E-state index in [2.05, 4.69) is 25.7 Å². The first kappa shape index (κ1) is 17.2. The first-order chi connectivity index (χ1) is 9.53. The molecule has 0 saturated carbocycles. The van der Waals surface area contributed by atoms with Crippen molar-refractivity contribution in [3.05, 3.63) is 35.9 Å². The second-order valence-corrected chi connectivity index (χ2v) is 5.95. The lowest BCUT2D eigenvalue weighted by Crippen LogP contribution is -2.52. The van der Waals surface area contributed by atoms with E-state index in [0.717, 1.165) is 12.1 Å². The van der Waals surface area contributed by atoms with Crippen LogP contribution in [0.3, 0.4) is 0 Å². The van der Waals surface area contributed by atoms with Crippen LogP contribution in [0.2, 0.25) is 0 Å². The average Bonchev–Trinajstić information content (AvgIpc) is 2.47.